The summed E-state index contributed by atoms with van der Waals surface area (Å²) in [7, 11) is 0. The maximum Gasteiger partial charge on any atom is 0.153 e. The predicted octanol–water partition coefficient (Wildman–Crippen LogP) is 2.24. The monoisotopic (exact) mass is 196 g/mol. The normalized spacial score (nSPS) is 9.62. The van der Waals surface area contributed by atoms with Crippen molar-refractivity contribution in [3.63, 3.8) is 0 Å². The molecule has 0 atom stereocenters. The fourth-order valence-corrected chi connectivity index (χ4v) is 1.19. The minimum Gasteiger partial charge on any atom is -0.492 e. The molecule has 0 spiro atoms. The number of carbonyl (C=O) groups excluding carboxylic acids is 1. The smallest absolute Gasteiger partial charge is 0.153 e. The standard InChI is InChI=1S/C10H12O2S/c1-13-7-6-12-10-5-3-2-4-9(10)8-11/h2-5,8H,6-7H2,1H3. The minimum absolute atomic E-state index is 0.614. The van der Waals surface area contributed by atoms with Crippen LogP contribution in [0, 0.1) is 0 Å². The molecule has 0 aliphatic carbocycles. The van der Waals surface area contributed by atoms with E-state index in [1.807, 2.05) is 24.5 Å². The summed E-state index contributed by atoms with van der Waals surface area (Å²) in [5, 5.41) is 0. The molecule has 2 nitrogen and oxygen atoms in total. The Morgan fingerprint density at radius 1 is 1.46 bits per heavy atom. The van der Waals surface area contributed by atoms with Gasteiger partial charge in [0.05, 0.1) is 12.2 Å². The largest absolute Gasteiger partial charge is 0.492 e. The van der Waals surface area contributed by atoms with E-state index < -0.39 is 0 Å². The fraction of sp³-hybridized carbons (Fsp3) is 0.300. The molecular formula is C10H12O2S. The lowest BCUT2D eigenvalue weighted by atomic mass is 10.2. The Morgan fingerprint density at radius 3 is 2.92 bits per heavy atom. The molecule has 0 aliphatic heterocycles. The molecule has 0 aromatic heterocycles. The van der Waals surface area contributed by atoms with Gasteiger partial charge < -0.3 is 4.74 Å². The van der Waals surface area contributed by atoms with Crippen LogP contribution in [0.3, 0.4) is 0 Å². The summed E-state index contributed by atoms with van der Waals surface area (Å²) in [5.74, 6) is 1.61. The highest BCUT2D eigenvalue weighted by atomic mass is 32.2. The molecule has 0 bridgehead atoms. The molecule has 0 saturated carbocycles. The molecule has 0 saturated heterocycles. The van der Waals surface area contributed by atoms with Crippen LogP contribution >= 0.6 is 11.8 Å². The average Bonchev–Trinajstić information content (AvgIpc) is 2.19. The first kappa shape index (κ1) is 10.1. The van der Waals surface area contributed by atoms with Crippen molar-refractivity contribution in [2.75, 3.05) is 18.6 Å². The van der Waals surface area contributed by atoms with Gasteiger partial charge in [-0.15, -0.1) is 0 Å². The second-order valence-electron chi connectivity index (χ2n) is 2.50. The molecule has 0 radical (unpaired) electrons. The highest BCUT2D eigenvalue weighted by molar-refractivity contribution is 7.98. The van der Waals surface area contributed by atoms with Crippen LogP contribution in [0.4, 0.5) is 0 Å². The van der Waals surface area contributed by atoms with Crippen LogP contribution in [0.25, 0.3) is 0 Å². The molecule has 0 heterocycles. The van der Waals surface area contributed by atoms with Crippen LogP contribution in [0.2, 0.25) is 0 Å². The number of aldehydes is 1. The van der Waals surface area contributed by atoms with Gasteiger partial charge in [-0.2, -0.15) is 11.8 Å². The summed E-state index contributed by atoms with van der Waals surface area (Å²) in [6, 6.07) is 7.25. The van der Waals surface area contributed by atoms with Gasteiger partial charge in [-0.25, -0.2) is 0 Å². The number of benzene rings is 1. The highest BCUT2D eigenvalue weighted by Crippen LogP contribution is 2.15. The van der Waals surface area contributed by atoms with E-state index in [2.05, 4.69) is 0 Å². The molecule has 0 aliphatic rings. The number of para-hydroxylation sites is 1. The van der Waals surface area contributed by atoms with Crippen molar-refractivity contribution >= 4 is 18.0 Å². The zero-order valence-corrected chi connectivity index (χ0v) is 8.34. The van der Waals surface area contributed by atoms with Gasteiger partial charge in [0.15, 0.2) is 6.29 Å². The van der Waals surface area contributed by atoms with Gasteiger partial charge in [0.1, 0.15) is 5.75 Å². The van der Waals surface area contributed by atoms with Gasteiger partial charge in [0, 0.05) is 5.75 Å². The lowest BCUT2D eigenvalue weighted by molar-refractivity contribution is 0.112. The van der Waals surface area contributed by atoms with E-state index in [1.165, 1.54) is 0 Å². The highest BCUT2D eigenvalue weighted by Gasteiger charge is 1.99. The zero-order chi connectivity index (χ0) is 9.52. The molecule has 0 amide bonds. The maximum absolute atomic E-state index is 10.6. The van der Waals surface area contributed by atoms with Gasteiger partial charge in [-0.1, -0.05) is 12.1 Å². The van der Waals surface area contributed by atoms with Crippen LogP contribution in [-0.2, 0) is 0 Å². The minimum atomic E-state index is 0.614. The number of ether oxygens (including phenoxy) is 1. The predicted molar refractivity (Wildman–Crippen MR) is 55.7 cm³/mol. The zero-order valence-electron chi connectivity index (χ0n) is 7.53. The summed E-state index contributed by atoms with van der Waals surface area (Å²) in [6.07, 6.45) is 2.84. The van der Waals surface area contributed by atoms with Crippen LogP contribution in [0.15, 0.2) is 24.3 Å². The molecule has 1 rings (SSSR count). The second kappa shape index (κ2) is 5.65. The average molecular weight is 196 g/mol. The summed E-state index contributed by atoms with van der Waals surface area (Å²) in [5.41, 5.74) is 0.614. The first-order valence-electron chi connectivity index (χ1n) is 4.04. The van der Waals surface area contributed by atoms with Crippen LogP contribution in [0.1, 0.15) is 10.4 Å². The lowest BCUT2D eigenvalue weighted by Gasteiger charge is -2.06. The molecule has 1 aromatic carbocycles. The Balaban J connectivity index is 2.59. The van der Waals surface area contributed by atoms with E-state index >= 15 is 0 Å². The van der Waals surface area contributed by atoms with Gasteiger partial charge in [0.25, 0.3) is 0 Å². The van der Waals surface area contributed by atoms with Gasteiger partial charge >= 0.3 is 0 Å². The van der Waals surface area contributed by atoms with E-state index in [-0.39, 0.29) is 0 Å². The quantitative estimate of drug-likeness (QED) is 0.533. The van der Waals surface area contributed by atoms with Gasteiger partial charge in [-0.05, 0) is 18.4 Å². The van der Waals surface area contributed by atoms with Crippen molar-refractivity contribution in [1.82, 2.24) is 0 Å². The summed E-state index contributed by atoms with van der Waals surface area (Å²) >= 11 is 1.72. The van der Waals surface area contributed by atoms with Crippen LogP contribution < -0.4 is 4.74 Å². The summed E-state index contributed by atoms with van der Waals surface area (Å²) in [6.45, 7) is 0.645. The molecule has 3 heteroatoms. The van der Waals surface area contributed by atoms with Crippen molar-refractivity contribution in [3.8, 4) is 5.75 Å². The Labute approximate surface area is 82.3 Å². The molecule has 13 heavy (non-hydrogen) atoms. The van der Waals surface area contributed by atoms with E-state index in [0.29, 0.717) is 17.9 Å². The van der Waals surface area contributed by atoms with Crippen LogP contribution in [-0.4, -0.2) is 24.9 Å². The van der Waals surface area contributed by atoms with Crippen molar-refractivity contribution in [1.29, 1.82) is 0 Å². The van der Waals surface area contributed by atoms with Crippen molar-refractivity contribution in [2.24, 2.45) is 0 Å². The Morgan fingerprint density at radius 2 is 2.23 bits per heavy atom. The summed E-state index contributed by atoms with van der Waals surface area (Å²) < 4.78 is 5.42. The SMILES string of the molecule is CSCCOc1ccccc1C=O. The van der Waals surface area contributed by atoms with Crippen molar-refractivity contribution in [2.45, 2.75) is 0 Å². The van der Waals surface area contributed by atoms with Crippen molar-refractivity contribution < 1.29 is 9.53 Å². The third kappa shape index (κ3) is 3.11. The number of hydrogen-bond donors (Lipinski definition) is 0. The van der Waals surface area contributed by atoms with Gasteiger partial charge in [0.2, 0.25) is 0 Å². The number of carbonyl (C=O) groups is 1. The first-order valence-corrected chi connectivity index (χ1v) is 5.44. The number of hydrogen-bond acceptors (Lipinski definition) is 3. The maximum atomic E-state index is 10.6. The van der Waals surface area contributed by atoms with Gasteiger partial charge in [-0.3, -0.25) is 4.79 Å². The third-order valence-corrected chi connectivity index (χ3v) is 2.17. The molecule has 1 aromatic rings. The van der Waals surface area contributed by atoms with E-state index in [4.69, 9.17) is 4.74 Å². The second-order valence-corrected chi connectivity index (χ2v) is 3.48. The Bertz CT molecular complexity index is 273. The van der Waals surface area contributed by atoms with E-state index in [0.717, 1.165) is 12.0 Å². The van der Waals surface area contributed by atoms with E-state index in [9.17, 15) is 4.79 Å². The molecular weight excluding hydrogens is 184 g/mol. The molecule has 0 N–H and O–H groups in total. The Hall–Kier alpha value is -0.960. The number of thioether (sulfide) groups is 1. The Kier molecular flexibility index (Phi) is 4.40. The molecule has 0 fully saturated rings. The fourth-order valence-electron chi connectivity index (χ4n) is 0.944. The summed E-state index contributed by atoms with van der Waals surface area (Å²) in [4.78, 5) is 10.6. The van der Waals surface area contributed by atoms with Crippen molar-refractivity contribution in [3.05, 3.63) is 29.8 Å². The lowest BCUT2D eigenvalue weighted by Crippen LogP contribution is -2.01. The molecule has 70 valence electrons. The third-order valence-electron chi connectivity index (χ3n) is 1.59. The number of rotatable bonds is 5. The molecule has 0 unspecified atom stereocenters. The topological polar surface area (TPSA) is 26.3 Å². The van der Waals surface area contributed by atoms with E-state index in [1.54, 1.807) is 17.8 Å². The van der Waals surface area contributed by atoms with Crippen LogP contribution in [0.5, 0.6) is 5.75 Å². The first-order chi connectivity index (χ1) is 6.38.